The average Bonchev–Trinajstić information content (AvgIpc) is 3.01. The highest BCUT2D eigenvalue weighted by molar-refractivity contribution is 7.80. The van der Waals surface area contributed by atoms with Crippen LogP contribution in [0.2, 0.25) is 0 Å². The summed E-state index contributed by atoms with van der Waals surface area (Å²) in [5, 5.41) is 0.528. The van der Waals surface area contributed by atoms with Crippen LogP contribution in [0.3, 0.4) is 0 Å². The van der Waals surface area contributed by atoms with Crippen LogP contribution in [0.15, 0.2) is 24.3 Å². The van der Waals surface area contributed by atoms with Gasteiger partial charge in [0.05, 0.1) is 0 Å². The standard InChI is InChI=1S/C22H36.C3H8S.C3H8.C2H6/c1-6-8-17-10-11-18-19-12-9-16(3)21(19,4)15-13-20(18)22(17,5)14-7-2;1-3(2)4;1-3-2;1-2/h6,8,16,18-20H,1,7,9-15H2,2-5H3;3-4H,1-2H3;3H2,1-2H3;1-2H3/b17-8-;;;. The van der Waals surface area contributed by atoms with Crippen LogP contribution in [0, 0.1) is 34.5 Å². The van der Waals surface area contributed by atoms with Crippen LogP contribution < -0.4 is 0 Å². The predicted octanol–water partition coefficient (Wildman–Crippen LogP) is 10.5. The first-order valence-electron chi connectivity index (χ1n) is 13.6. The molecule has 0 spiro atoms. The van der Waals surface area contributed by atoms with Gasteiger partial charge in [0.15, 0.2) is 0 Å². The first-order chi connectivity index (χ1) is 14.6. The SMILES string of the molecule is C=C/C=C1/CCC2C(CCC3(C)C(C)CCC23)C1(C)CCC.CC.CC(C)S.CCC. The molecule has 3 aliphatic carbocycles. The van der Waals surface area contributed by atoms with E-state index in [2.05, 4.69) is 66.8 Å². The fourth-order valence-corrected chi connectivity index (χ4v) is 6.87. The molecule has 0 aromatic heterocycles. The summed E-state index contributed by atoms with van der Waals surface area (Å²) in [4.78, 5) is 0. The fraction of sp³-hybridized carbons (Fsp3) is 0.867. The lowest BCUT2D eigenvalue weighted by Gasteiger charge is -2.57. The second kappa shape index (κ2) is 14.9. The maximum Gasteiger partial charge on any atom is -0.00399 e. The zero-order chi connectivity index (χ0) is 24.2. The van der Waals surface area contributed by atoms with Crippen LogP contribution in [-0.4, -0.2) is 5.25 Å². The fourth-order valence-electron chi connectivity index (χ4n) is 6.87. The van der Waals surface area contributed by atoms with Crippen LogP contribution in [-0.2, 0) is 0 Å². The van der Waals surface area contributed by atoms with Gasteiger partial charge in [-0.25, -0.2) is 0 Å². The Bertz CT molecular complexity index is 516. The lowest BCUT2D eigenvalue weighted by molar-refractivity contribution is -0.0465. The number of rotatable bonds is 3. The van der Waals surface area contributed by atoms with Crippen molar-refractivity contribution in [3.63, 3.8) is 0 Å². The zero-order valence-corrected chi connectivity index (χ0v) is 24.0. The molecular formula is C30H58S. The Balaban J connectivity index is 0.000000865. The average molecular weight is 451 g/mol. The van der Waals surface area contributed by atoms with Crippen LogP contribution in [0.25, 0.3) is 0 Å². The highest BCUT2D eigenvalue weighted by Crippen LogP contribution is 2.65. The molecule has 1 heteroatoms. The molecule has 0 heterocycles. The number of fused-ring (bicyclic) bond motifs is 3. The van der Waals surface area contributed by atoms with E-state index in [1.807, 2.05) is 33.8 Å². The van der Waals surface area contributed by atoms with Crippen molar-refractivity contribution < 1.29 is 0 Å². The Labute approximate surface area is 203 Å². The Morgan fingerprint density at radius 2 is 1.58 bits per heavy atom. The summed E-state index contributed by atoms with van der Waals surface area (Å²) >= 11 is 3.97. The Morgan fingerprint density at radius 1 is 1.03 bits per heavy atom. The molecule has 184 valence electrons. The number of thiol groups is 1. The summed E-state index contributed by atoms with van der Waals surface area (Å²) in [6, 6.07) is 0. The Morgan fingerprint density at radius 3 is 2.06 bits per heavy atom. The minimum absolute atomic E-state index is 0.443. The van der Waals surface area contributed by atoms with E-state index in [1.165, 1.54) is 57.8 Å². The van der Waals surface area contributed by atoms with E-state index >= 15 is 0 Å². The molecule has 0 aliphatic heterocycles. The summed E-state index contributed by atoms with van der Waals surface area (Å²) < 4.78 is 0. The third-order valence-electron chi connectivity index (χ3n) is 8.30. The van der Waals surface area contributed by atoms with Crippen LogP contribution >= 0.6 is 12.6 Å². The van der Waals surface area contributed by atoms with Crippen molar-refractivity contribution in [3.05, 3.63) is 24.3 Å². The van der Waals surface area contributed by atoms with Gasteiger partial charge in [0, 0.05) is 0 Å². The molecule has 0 aromatic rings. The second-order valence-corrected chi connectivity index (χ2v) is 11.9. The third-order valence-corrected chi connectivity index (χ3v) is 8.30. The van der Waals surface area contributed by atoms with E-state index in [9.17, 15) is 0 Å². The molecule has 3 saturated carbocycles. The molecule has 0 aromatic carbocycles. The number of allylic oxidation sites excluding steroid dienone is 3. The molecule has 3 aliphatic rings. The lowest BCUT2D eigenvalue weighted by Crippen LogP contribution is -2.49. The topological polar surface area (TPSA) is 0 Å². The van der Waals surface area contributed by atoms with Gasteiger partial charge < -0.3 is 0 Å². The second-order valence-electron chi connectivity index (χ2n) is 10.8. The van der Waals surface area contributed by atoms with Gasteiger partial charge in [-0.3, -0.25) is 0 Å². The minimum Gasteiger partial charge on any atom is -0.177 e. The van der Waals surface area contributed by atoms with Gasteiger partial charge in [-0.05, 0) is 84.7 Å². The smallest absolute Gasteiger partial charge is 0.00399 e. The maximum absolute atomic E-state index is 3.98. The van der Waals surface area contributed by atoms with E-state index < -0.39 is 0 Å². The molecule has 6 atom stereocenters. The van der Waals surface area contributed by atoms with E-state index in [4.69, 9.17) is 0 Å². The number of hydrogen-bond acceptors (Lipinski definition) is 1. The summed E-state index contributed by atoms with van der Waals surface area (Å²) in [6.45, 7) is 26.4. The third kappa shape index (κ3) is 7.68. The van der Waals surface area contributed by atoms with Crippen molar-refractivity contribution in [2.75, 3.05) is 0 Å². The van der Waals surface area contributed by atoms with E-state index in [1.54, 1.807) is 5.57 Å². The van der Waals surface area contributed by atoms with Gasteiger partial charge in [0.2, 0.25) is 0 Å². The van der Waals surface area contributed by atoms with Crippen molar-refractivity contribution in [1.29, 1.82) is 0 Å². The van der Waals surface area contributed by atoms with Crippen molar-refractivity contribution >= 4 is 12.6 Å². The van der Waals surface area contributed by atoms with Gasteiger partial charge in [-0.2, -0.15) is 12.6 Å². The van der Waals surface area contributed by atoms with Gasteiger partial charge in [-0.1, -0.05) is 106 Å². The molecule has 0 nitrogen and oxygen atoms in total. The van der Waals surface area contributed by atoms with Crippen molar-refractivity contribution in [2.45, 2.75) is 132 Å². The molecule has 31 heavy (non-hydrogen) atoms. The summed E-state index contributed by atoms with van der Waals surface area (Å²) in [7, 11) is 0. The van der Waals surface area contributed by atoms with Crippen LogP contribution in [0.4, 0.5) is 0 Å². The predicted molar refractivity (Wildman–Crippen MR) is 148 cm³/mol. The van der Waals surface area contributed by atoms with Gasteiger partial charge in [-0.15, -0.1) is 0 Å². The summed E-state index contributed by atoms with van der Waals surface area (Å²) in [6.07, 6.45) is 17.0. The quantitative estimate of drug-likeness (QED) is 0.406. The van der Waals surface area contributed by atoms with Crippen molar-refractivity contribution in [1.82, 2.24) is 0 Å². The molecule has 3 rings (SSSR count). The molecule has 0 saturated heterocycles. The Kier molecular flexibility index (Phi) is 14.8. The lowest BCUT2D eigenvalue weighted by atomic mass is 9.47. The molecule has 0 N–H and O–H groups in total. The van der Waals surface area contributed by atoms with Gasteiger partial charge >= 0.3 is 0 Å². The molecular weight excluding hydrogens is 392 g/mol. The highest BCUT2D eigenvalue weighted by atomic mass is 32.1. The van der Waals surface area contributed by atoms with Crippen LogP contribution in [0.5, 0.6) is 0 Å². The first kappa shape index (κ1) is 30.8. The normalized spacial score (nSPS) is 37.2. The molecule has 0 radical (unpaired) electrons. The largest absolute Gasteiger partial charge is 0.177 e. The van der Waals surface area contributed by atoms with Crippen molar-refractivity contribution in [2.24, 2.45) is 34.5 Å². The summed E-state index contributed by atoms with van der Waals surface area (Å²) in [5.74, 6) is 3.86. The zero-order valence-electron chi connectivity index (χ0n) is 23.1. The summed E-state index contributed by atoms with van der Waals surface area (Å²) in [5.41, 5.74) is 2.80. The van der Waals surface area contributed by atoms with Gasteiger partial charge in [0.1, 0.15) is 0 Å². The number of hydrogen-bond donors (Lipinski definition) is 1. The monoisotopic (exact) mass is 450 g/mol. The van der Waals surface area contributed by atoms with Crippen molar-refractivity contribution in [3.8, 4) is 0 Å². The van der Waals surface area contributed by atoms with E-state index in [0.29, 0.717) is 16.1 Å². The van der Waals surface area contributed by atoms with E-state index in [-0.39, 0.29) is 0 Å². The van der Waals surface area contributed by atoms with Gasteiger partial charge in [0.25, 0.3) is 0 Å². The van der Waals surface area contributed by atoms with E-state index in [0.717, 1.165) is 23.7 Å². The molecule has 3 fully saturated rings. The molecule has 0 bridgehead atoms. The minimum atomic E-state index is 0.443. The maximum atomic E-state index is 3.98. The molecule has 6 unspecified atom stereocenters. The first-order valence-corrected chi connectivity index (χ1v) is 14.1. The highest BCUT2D eigenvalue weighted by Gasteiger charge is 2.57. The van der Waals surface area contributed by atoms with Crippen LogP contribution in [0.1, 0.15) is 127 Å². The molecule has 0 amide bonds. The Hall–Kier alpha value is -0.170.